The van der Waals surface area contributed by atoms with E-state index in [1.54, 1.807) is 7.11 Å². The second-order valence-corrected chi connectivity index (χ2v) is 4.03. The molecule has 0 saturated carbocycles. The van der Waals surface area contributed by atoms with Crippen molar-refractivity contribution < 1.29 is 28.8 Å². The van der Waals surface area contributed by atoms with Crippen molar-refractivity contribution in [1.82, 2.24) is 0 Å². The van der Waals surface area contributed by atoms with E-state index in [-0.39, 0.29) is 6.42 Å². The average molecular weight is 278 g/mol. The molecule has 0 radical (unpaired) electrons. The van der Waals surface area contributed by atoms with Gasteiger partial charge in [-0.25, -0.2) is 0 Å². The maximum absolute atomic E-state index is 10.3. The molecule has 1 N–H and O–H groups in total. The van der Waals surface area contributed by atoms with Crippen LogP contribution in [0, 0.1) is 0 Å². The van der Waals surface area contributed by atoms with Crippen LogP contribution >= 0.6 is 0 Å². The van der Waals surface area contributed by atoms with E-state index in [1.165, 1.54) is 0 Å². The van der Waals surface area contributed by atoms with E-state index in [2.05, 4.69) is 0 Å². The van der Waals surface area contributed by atoms with E-state index in [4.69, 9.17) is 24.1 Å². The second kappa shape index (κ2) is 15.4. The summed E-state index contributed by atoms with van der Waals surface area (Å²) in [5.74, 6) is -0.734. The number of ether oxygens (including phenoxy) is 4. The van der Waals surface area contributed by atoms with Crippen LogP contribution in [0.25, 0.3) is 0 Å². The maximum atomic E-state index is 10.3. The van der Waals surface area contributed by atoms with Gasteiger partial charge in [-0.05, 0) is 12.8 Å². The molecule has 0 heterocycles. The van der Waals surface area contributed by atoms with Crippen molar-refractivity contribution in [3.05, 3.63) is 0 Å². The van der Waals surface area contributed by atoms with E-state index in [0.29, 0.717) is 52.7 Å². The van der Waals surface area contributed by atoms with Gasteiger partial charge >= 0.3 is 5.97 Å². The minimum atomic E-state index is -0.734. The lowest BCUT2D eigenvalue weighted by molar-refractivity contribution is -0.137. The number of rotatable bonds is 15. The summed E-state index contributed by atoms with van der Waals surface area (Å²) in [6, 6.07) is 0. The van der Waals surface area contributed by atoms with Crippen LogP contribution in [-0.4, -0.2) is 64.4 Å². The minimum absolute atomic E-state index is 0.242. The fraction of sp³-hybridized carbons (Fsp3) is 0.923. The van der Waals surface area contributed by atoms with Crippen molar-refractivity contribution in [3.8, 4) is 0 Å². The molecule has 0 rings (SSSR count). The van der Waals surface area contributed by atoms with Gasteiger partial charge in [0.05, 0.1) is 39.6 Å². The second-order valence-electron chi connectivity index (χ2n) is 4.03. The van der Waals surface area contributed by atoms with Crippen LogP contribution in [0.5, 0.6) is 0 Å². The van der Waals surface area contributed by atoms with Crippen molar-refractivity contribution in [3.63, 3.8) is 0 Å². The van der Waals surface area contributed by atoms with Crippen LogP contribution in [0.4, 0.5) is 0 Å². The molecule has 0 fully saturated rings. The molecule has 0 aliphatic carbocycles. The van der Waals surface area contributed by atoms with Gasteiger partial charge in [0.1, 0.15) is 0 Å². The summed E-state index contributed by atoms with van der Waals surface area (Å²) in [5.41, 5.74) is 0. The number of aliphatic carboxylic acids is 1. The van der Waals surface area contributed by atoms with Gasteiger partial charge in [0.2, 0.25) is 0 Å². The van der Waals surface area contributed by atoms with Crippen LogP contribution in [0.3, 0.4) is 0 Å². The molecule has 0 amide bonds. The van der Waals surface area contributed by atoms with Gasteiger partial charge in [-0.15, -0.1) is 0 Å². The molecular formula is C13H26O6. The van der Waals surface area contributed by atoms with Crippen molar-refractivity contribution in [2.75, 3.05) is 53.4 Å². The zero-order valence-electron chi connectivity index (χ0n) is 11.8. The highest BCUT2D eigenvalue weighted by Crippen LogP contribution is 1.99. The standard InChI is InChI=1S/C13H26O6/c1-16-7-8-18-11-12-19-10-9-17-6-4-2-3-5-13(14)15/h2-12H2,1H3,(H,14,15). The Morgan fingerprint density at radius 1 is 0.789 bits per heavy atom. The fourth-order valence-electron chi connectivity index (χ4n) is 1.34. The lowest BCUT2D eigenvalue weighted by Gasteiger charge is -2.06. The topological polar surface area (TPSA) is 74.2 Å². The van der Waals surface area contributed by atoms with Crippen LogP contribution in [-0.2, 0) is 23.7 Å². The Balaban J connectivity index is 2.93. The van der Waals surface area contributed by atoms with Gasteiger partial charge < -0.3 is 24.1 Å². The number of hydrogen-bond acceptors (Lipinski definition) is 5. The third-order valence-corrected chi connectivity index (χ3v) is 2.36. The molecule has 0 bridgehead atoms. The Morgan fingerprint density at radius 3 is 1.84 bits per heavy atom. The molecule has 0 aromatic heterocycles. The maximum Gasteiger partial charge on any atom is 0.303 e. The minimum Gasteiger partial charge on any atom is -0.481 e. The van der Waals surface area contributed by atoms with Gasteiger partial charge in [0.25, 0.3) is 0 Å². The predicted molar refractivity (Wildman–Crippen MR) is 70.4 cm³/mol. The average Bonchev–Trinajstić information content (AvgIpc) is 2.39. The van der Waals surface area contributed by atoms with Crippen LogP contribution < -0.4 is 0 Å². The Labute approximate surface area is 115 Å². The Morgan fingerprint density at radius 2 is 1.32 bits per heavy atom. The van der Waals surface area contributed by atoms with E-state index >= 15 is 0 Å². The van der Waals surface area contributed by atoms with E-state index in [9.17, 15) is 4.79 Å². The monoisotopic (exact) mass is 278 g/mol. The summed E-state index contributed by atoms with van der Waals surface area (Å²) in [6.07, 6.45) is 2.74. The summed E-state index contributed by atoms with van der Waals surface area (Å²) < 4.78 is 20.7. The lowest BCUT2D eigenvalue weighted by Crippen LogP contribution is -2.11. The van der Waals surface area contributed by atoms with Crippen LogP contribution in [0.15, 0.2) is 0 Å². The largest absolute Gasteiger partial charge is 0.481 e. The van der Waals surface area contributed by atoms with Gasteiger partial charge in [-0.1, -0.05) is 6.42 Å². The Kier molecular flexibility index (Phi) is 14.8. The van der Waals surface area contributed by atoms with Crippen molar-refractivity contribution in [1.29, 1.82) is 0 Å². The summed E-state index contributed by atoms with van der Waals surface area (Å²) >= 11 is 0. The molecule has 0 aliphatic rings. The quantitative estimate of drug-likeness (QED) is 0.455. The van der Waals surface area contributed by atoms with Gasteiger partial charge in [-0.3, -0.25) is 4.79 Å². The first-order chi connectivity index (χ1) is 9.27. The molecule has 6 heteroatoms. The Bertz CT molecular complexity index is 198. The van der Waals surface area contributed by atoms with Crippen molar-refractivity contribution >= 4 is 5.97 Å². The van der Waals surface area contributed by atoms with E-state index in [1.807, 2.05) is 0 Å². The first kappa shape index (κ1) is 18.3. The van der Waals surface area contributed by atoms with Gasteiger partial charge in [0.15, 0.2) is 0 Å². The summed E-state index contributed by atoms with van der Waals surface area (Å²) in [6.45, 7) is 4.11. The zero-order chi connectivity index (χ0) is 14.2. The zero-order valence-corrected chi connectivity index (χ0v) is 11.8. The predicted octanol–water partition coefficient (Wildman–Crippen LogP) is 1.33. The number of carboxylic acids is 1. The number of hydrogen-bond donors (Lipinski definition) is 1. The highest BCUT2D eigenvalue weighted by atomic mass is 16.6. The van der Waals surface area contributed by atoms with Crippen molar-refractivity contribution in [2.45, 2.75) is 25.7 Å². The van der Waals surface area contributed by atoms with E-state index < -0.39 is 5.97 Å². The molecule has 0 aromatic rings. The molecule has 0 spiro atoms. The fourth-order valence-corrected chi connectivity index (χ4v) is 1.34. The number of methoxy groups -OCH3 is 1. The highest BCUT2D eigenvalue weighted by Gasteiger charge is 1.96. The normalized spacial score (nSPS) is 10.8. The first-order valence-corrected chi connectivity index (χ1v) is 6.71. The number of unbranched alkanes of at least 4 members (excludes halogenated alkanes) is 2. The molecule has 0 atom stereocenters. The highest BCUT2D eigenvalue weighted by molar-refractivity contribution is 5.66. The smallest absolute Gasteiger partial charge is 0.303 e. The summed E-state index contributed by atoms with van der Waals surface area (Å²) in [7, 11) is 1.64. The van der Waals surface area contributed by atoms with Crippen molar-refractivity contribution in [2.24, 2.45) is 0 Å². The summed E-state index contributed by atoms with van der Waals surface area (Å²) in [5, 5.41) is 8.44. The molecule has 114 valence electrons. The molecule has 0 aromatic carbocycles. The van der Waals surface area contributed by atoms with E-state index in [0.717, 1.165) is 12.8 Å². The van der Waals surface area contributed by atoms with Crippen LogP contribution in [0.1, 0.15) is 25.7 Å². The molecule has 19 heavy (non-hydrogen) atoms. The summed E-state index contributed by atoms with van der Waals surface area (Å²) in [4.78, 5) is 10.3. The van der Waals surface area contributed by atoms with Gasteiger partial charge in [0, 0.05) is 20.1 Å². The molecule has 0 saturated heterocycles. The third kappa shape index (κ3) is 17.3. The molecule has 0 unspecified atom stereocenters. The number of carbonyl (C=O) groups is 1. The molecule has 6 nitrogen and oxygen atoms in total. The SMILES string of the molecule is COCCOCCOCCOCCCCCC(=O)O. The molecular weight excluding hydrogens is 252 g/mol. The Hall–Kier alpha value is -0.690. The number of carboxylic acid groups (broad SMARTS) is 1. The van der Waals surface area contributed by atoms with Crippen LogP contribution in [0.2, 0.25) is 0 Å². The first-order valence-electron chi connectivity index (χ1n) is 6.71. The lowest BCUT2D eigenvalue weighted by atomic mass is 10.2. The van der Waals surface area contributed by atoms with Gasteiger partial charge in [-0.2, -0.15) is 0 Å². The third-order valence-electron chi connectivity index (χ3n) is 2.36. The molecule has 0 aliphatic heterocycles.